The maximum absolute atomic E-state index is 13.8. The van der Waals surface area contributed by atoms with E-state index >= 15 is 0 Å². The van der Waals surface area contributed by atoms with Gasteiger partial charge in [0.1, 0.15) is 5.82 Å². The molecule has 2 heterocycles. The van der Waals surface area contributed by atoms with Gasteiger partial charge in [0.15, 0.2) is 0 Å². The number of pyridine rings is 1. The number of aryl methyl sites for hydroxylation is 2. The van der Waals surface area contributed by atoms with Crippen LogP contribution in [-0.4, -0.2) is 20.6 Å². The lowest BCUT2D eigenvalue weighted by atomic mass is 9.96. The Kier molecular flexibility index (Phi) is 6.16. The molecule has 6 heteroatoms. The first-order valence-electron chi connectivity index (χ1n) is 13.0. The van der Waals surface area contributed by atoms with Gasteiger partial charge in [0.25, 0.3) is 0 Å². The summed E-state index contributed by atoms with van der Waals surface area (Å²) in [6.45, 7) is 4.05. The van der Waals surface area contributed by atoms with Crippen molar-refractivity contribution < 1.29 is 4.39 Å². The molecule has 1 N–H and O–H groups in total. The molecule has 2 aromatic carbocycles. The quantitative estimate of drug-likeness (QED) is 0.269. The number of nitrogens with one attached hydrogen (secondary N) is 1. The van der Waals surface area contributed by atoms with Crippen molar-refractivity contribution in [2.75, 3.05) is 5.32 Å². The molecule has 0 spiro atoms. The number of aromatic nitrogens is 3. The third-order valence-electron chi connectivity index (χ3n) is 7.12. The van der Waals surface area contributed by atoms with Crippen LogP contribution in [0.3, 0.4) is 0 Å². The monoisotopic (exact) mass is 491 g/mol. The first-order valence-corrected chi connectivity index (χ1v) is 13.0. The summed E-state index contributed by atoms with van der Waals surface area (Å²) in [5, 5.41) is 4.46. The lowest BCUT2D eigenvalue weighted by molar-refractivity contribution is 0.437. The van der Waals surface area contributed by atoms with Crippen LogP contribution in [0.1, 0.15) is 43.4 Å². The van der Waals surface area contributed by atoms with E-state index in [9.17, 15) is 4.39 Å². The van der Waals surface area contributed by atoms with Crippen LogP contribution in [0.5, 0.6) is 0 Å². The number of rotatable bonds is 4. The highest BCUT2D eigenvalue weighted by Gasteiger charge is 2.18. The molecule has 0 saturated heterocycles. The zero-order chi connectivity index (χ0) is 25.4. The minimum atomic E-state index is -0.256. The number of benzene rings is 3. The third kappa shape index (κ3) is 4.84. The standard InChI is InChI=1S/C31H30FN5/c1-20-8-15-30-28(16-20)36-29-17-26(35-24-12-9-21(2)33-19-24)27(34-23-6-4-3-5-7-23)18-31(29)37(30)25-13-10-22(32)11-14-25/h8-19,23,35H,3-7H2,1-2H3. The number of halogens is 1. The van der Waals surface area contributed by atoms with Gasteiger partial charge < -0.3 is 9.88 Å². The Morgan fingerprint density at radius 3 is 2.49 bits per heavy atom. The van der Waals surface area contributed by atoms with E-state index in [1.807, 2.05) is 37.4 Å². The fourth-order valence-corrected chi connectivity index (χ4v) is 5.19. The van der Waals surface area contributed by atoms with Crippen molar-refractivity contribution in [1.29, 1.82) is 0 Å². The minimum Gasteiger partial charge on any atom is -0.352 e. The van der Waals surface area contributed by atoms with Crippen molar-refractivity contribution >= 4 is 22.4 Å². The Balaban J connectivity index is 1.62. The normalized spacial score (nSPS) is 14.9. The van der Waals surface area contributed by atoms with Gasteiger partial charge in [0.05, 0.1) is 51.4 Å². The molecule has 5 nitrogen and oxygen atoms in total. The topological polar surface area (TPSA) is 55.1 Å². The van der Waals surface area contributed by atoms with Crippen molar-refractivity contribution in [3.05, 3.63) is 95.4 Å². The smallest absolute Gasteiger partial charge is 0.123 e. The first-order chi connectivity index (χ1) is 18.0. The average Bonchev–Trinajstić information content (AvgIpc) is 2.90. The molecule has 1 saturated carbocycles. The van der Waals surface area contributed by atoms with Crippen LogP contribution in [0.4, 0.5) is 15.8 Å². The summed E-state index contributed by atoms with van der Waals surface area (Å²) in [5.41, 5.74) is 8.45. The summed E-state index contributed by atoms with van der Waals surface area (Å²) in [6, 6.07) is 21.4. The number of hydrogen-bond acceptors (Lipinski definition) is 4. The van der Waals surface area contributed by atoms with E-state index in [4.69, 9.17) is 9.98 Å². The van der Waals surface area contributed by atoms with Crippen molar-refractivity contribution in [1.82, 2.24) is 14.5 Å². The van der Waals surface area contributed by atoms with Crippen LogP contribution in [0.2, 0.25) is 0 Å². The van der Waals surface area contributed by atoms with Crippen LogP contribution in [0.15, 0.2) is 77.9 Å². The molecule has 186 valence electrons. The number of anilines is 2. The molecule has 2 aliphatic carbocycles. The molecule has 1 aromatic heterocycles. The van der Waals surface area contributed by atoms with Gasteiger partial charge in [-0.3, -0.25) is 9.98 Å². The molecule has 0 radical (unpaired) electrons. The number of hydrogen-bond donors (Lipinski definition) is 1. The highest BCUT2D eigenvalue weighted by molar-refractivity contribution is 5.84. The zero-order valence-corrected chi connectivity index (χ0v) is 21.2. The van der Waals surface area contributed by atoms with Crippen LogP contribution in [0.25, 0.3) is 28.1 Å². The van der Waals surface area contributed by atoms with Crippen molar-refractivity contribution in [2.45, 2.75) is 52.0 Å². The highest BCUT2D eigenvalue weighted by Crippen LogP contribution is 2.31. The van der Waals surface area contributed by atoms with Crippen LogP contribution in [0, 0.1) is 19.7 Å². The number of nitrogens with zero attached hydrogens (tertiary/aromatic N) is 4. The van der Waals surface area contributed by atoms with E-state index in [-0.39, 0.29) is 5.82 Å². The van der Waals surface area contributed by atoms with E-state index in [1.54, 1.807) is 0 Å². The highest BCUT2D eigenvalue weighted by atomic mass is 19.1. The summed E-state index contributed by atoms with van der Waals surface area (Å²) in [6.07, 6.45) is 7.78. The fourth-order valence-electron chi connectivity index (χ4n) is 5.19. The predicted molar refractivity (Wildman–Crippen MR) is 147 cm³/mol. The molecule has 1 fully saturated rings. The van der Waals surface area contributed by atoms with Crippen molar-refractivity contribution in [2.24, 2.45) is 4.99 Å². The zero-order valence-electron chi connectivity index (χ0n) is 21.2. The maximum Gasteiger partial charge on any atom is 0.123 e. The second kappa shape index (κ2) is 9.77. The largest absolute Gasteiger partial charge is 0.352 e. The first kappa shape index (κ1) is 23.3. The Morgan fingerprint density at radius 2 is 1.73 bits per heavy atom. The van der Waals surface area contributed by atoms with Crippen LogP contribution in [-0.2, 0) is 0 Å². The average molecular weight is 492 g/mol. The summed E-state index contributed by atoms with van der Waals surface area (Å²) in [7, 11) is 0. The molecule has 0 atom stereocenters. The second-order valence-electron chi connectivity index (χ2n) is 10.0. The third-order valence-corrected chi connectivity index (χ3v) is 7.12. The molecule has 6 rings (SSSR count). The maximum atomic E-state index is 13.8. The number of fused-ring (bicyclic) bond motifs is 2. The SMILES string of the molecule is Cc1ccc2c(c1)nc1cc(Nc3ccc(C)nc3)c(=NC3CCCCC3)cc-1n2-c1ccc(F)cc1. The van der Waals surface area contributed by atoms with Gasteiger partial charge in [0, 0.05) is 11.4 Å². The molecule has 3 aliphatic rings. The van der Waals surface area contributed by atoms with Gasteiger partial charge in [-0.2, -0.15) is 0 Å². The van der Waals surface area contributed by atoms with E-state index in [0.29, 0.717) is 6.04 Å². The summed E-state index contributed by atoms with van der Waals surface area (Å²) in [5.74, 6) is -0.256. The van der Waals surface area contributed by atoms with Gasteiger partial charge in [-0.15, -0.1) is 0 Å². The van der Waals surface area contributed by atoms with Gasteiger partial charge in [-0.25, -0.2) is 9.37 Å². The molecule has 0 unspecified atom stereocenters. The van der Waals surface area contributed by atoms with E-state index < -0.39 is 0 Å². The Bertz CT molecular complexity index is 1600. The lowest BCUT2D eigenvalue weighted by Crippen LogP contribution is -2.19. The Morgan fingerprint density at radius 1 is 0.919 bits per heavy atom. The van der Waals surface area contributed by atoms with Crippen LogP contribution < -0.4 is 10.7 Å². The van der Waals surface area contributed by atoms with E-state index in [2.05, 4.69) is 52.1 Å². The molecule has 0 bridgehead atoms. The molecule has 3 aromatic rings. The van der Waals surface area contributed by atoms with Crippen molar-refractivity contribution in [3.63, 3.8) is 0 Å². The summed E-state index contributed by atoms with van der Waals surface area (Å²) >= 11 is 0. The van der Waals surface area contributed by atoms with Gasteiger partial charge in [-0.1, -0.05) is 25.3 Å². The lowest BCUT2D eigenvalue weighted by Gasteiger charge is -2.22. The minimum absolute atomic E-state index is 0.256. The Labute approximate surface area is 216 Å². The predicted octanol–water partition coefficient (Wildman–Crippen LogP) is 7.26. The van der Waals surface area contributed by atoms with Gasteiger partial charge in [-0.05, 0) is 92.9 Å². The second-order valence-corrected chi connectivity index (χ2v) is 10.0. The molecule has 0 amide bonds. The molecular formula is C31H30FN5. The molecule has 1 aliphatic heterocycles. The molecular weight excluding hydrogens is 461 g/mol. The Hall–Kier alpha value is -4.06. The van der Waals surface area contributed by atoms with Crippen LogP contribution >= 0.6 is 0 Å². The van der Waals surface area contributed by atoms with E-state index in [0.717, 1.165) is 68.9 Å². The van der Waals surface area contributed by atoms with Gasteiger partial charge in [0.2, 0.25) is 0 Å². The summed E-state index contributed by atoms with van der Waals surface area (Å²) in [4.78, 5) is 14.7. The molecule has 37 heavy (non-hydrogen) atoms. The van der Waals surface area contributed by atoms with Gasteiger partial charge >= 0.3 is 0 Å². The fraction of sp³-hybridized carbons (Fsp3) is 0.258. The van der Waals surface area contributed by atoms with Crippen molar-refractivity contribution in [3.8, 4) is 17.1 Å². The summed E-state index contributed by atoms with van der Waals surface area (Å²) < 4.78 is 16.0. The van der Waals surface area contributed by atoms with E-state index in [1.165, 1.54) is 31.4 Å².